The van der Waals surface area contributed by atoms with Crippen molar-refractivity contribution in [3.8, 4) is 0 Å². The minimum absolute atomic E-state index is 0.0652. The zero-order chi connectivity index (χ0) is 16.1. The van der Waals surface area contributed by atoms with Crippen molar-refractivity contribution in [1.82, 2.24) is 0 Å². The van der Waals surface area contributed by atoms with Crippen LogP contribution in [0.15, 0.2) is 18.2 Å². The van der Waals surface area contributed by atoms with Crippen molar-refractivity contribution in [2.24, 2.45) is 5.92 Å². The predicted molar refractivity (Wildman–Crippen MR) is 99.1 cm³/mol. The number of hydrogen-bond donors (Lipinski definition) is 0. The van der Waals surface area contributed by atoms with Crippen LogP contribution in [0.25, 0.3) is 0 Å². The first-order chi connectivity index (χ1) is 10.3. The van der Waals surface area contributed by atoms with E-state index in [1.807, 2.05) is 18.2 Å². The van der Waals surface area contributed by atoms with Crippen LogP contribution >= 0.6 is 45.8 Å². The van der Waals surface area contributed by atoms with Gasteiger partial charge in [-0.3, -0.25) is 0 Å². The Bertz CT molecular complexity index is 560. The van der Waals surface area contributed by atoms with E-state index >= 15 is 0 Å². The first-order valence-corrected chi connectivity index (χ1v) is 9.67. The number of fused-ring (bicyclic) bond motifs is 2. The highest BCUT2D eigenvalue weighted by atomic mass is 127. The molecular formula is C17H21Cl2IO2. The number of benzene rings is 1. The van der Waals surface area contributed by atoms with Crippen LogP contribution in [0, 0.1) is 5.92 Å². The van der Waals surface area contributed by atoms with Gasteiger partial charge in [0.1, 0.15) is 0 Å². The fraction of sp³-hybridized carbons (Fsp3) is 0.647. The lowest BCUT2D eigenvalue weighted by Gasteiger charge is -2.35. The summed E-state index contributed by atoms with van der Waals surface area (Å²) in [5.74, 6) is 0.480. The Hall–Kier alpha value is 0.450. The van der Waals surface area contributed by atoms with Gasteiger partial charge in [-0.15, -0.1) is 0 Å². The van der Waals surface area contributed by atoms with Gasteiger partial charge >= 0.3 is 0 Å². The van der Waals surface area contributed by atoms with Crippen molar-refractivity contribution in [1.29, 1.82) is 0 Å². The van der Waals surface area contributed by atoms with E-state index in [2.05, 4.69) is 43.4 Å². The molecule has 3 rings (SSSR count). The second kappa shape index (κ2) is 6.07. The molecule has 2 saturated heterocycles. The maximum absolute atomic E-state index is 6.48. The molecule has 1 aromatic rings. The largest absolute Gasteiger partial charge is 0.370 e. The Morgan fingerprint density at radius 3 is 2.50 bits per heavy atom. The SMILES string of the molecule is CC(C)[C@@]12C[C@H](OCc3c(Cl)cccc3Cl)[C@@](C)(C[C@H]1I)O2. The van der Waals surface area contributed by atoms with E-state index in [4.69, 9.17) is 32.7 Å². The van der Waals surface area contributed by atoms with Crippen molar-refractivity contribution in [3.05, 3.63) is 33.8 Å². The monoisotopic (exact) mass is 454 g/mol. The van der Waals surface area contributed by atoms with E-state index in [0.29, 0.717) is 26.5 Å². The van der Waals surface area contributed by atoms with Gasteiger partial charge in [0.05, 0.1) is 23.9 Å². The van der Waals surface area contributed by atoms with Gasteiger partial charge in [0, 0.05) is 26.0 Å². The summed E-state index contributed by atoms with van der Waals surface area (Å²) in [6.07, 6.45) is 2.07. The molecule has 2 nitrogen and oxygen atoms in total. The first kappa shape index (κ1) is 17.3. The summed E-state index contributed by atoms with van der Waals surface area (Å²) < 4.78 is 13.2. The molecule has 2 aliphatic rings. The molecule has 0 radical (unpaired) electrons. The fourth-order valence-electron chi connectivity index (χ4n) is 3.75. The van der Waals surface area contributed by atoms with E-state index < -0.39 is 0 Å². The number of hydrogen-bond acceptors (Lipinski definition) is 2. The standard InChI is InChI=1S/C17H21Cl2IO2/c1-10(2)17-8-15(16(3,22-17)7-14(17)20)21-9-11-12(18)5-4-6-13(11)19/h4-6,10,14-15H,7-9H2,1-3H3/t14-,15+,16-,17+/m1/s1. The highest BCUT2D eigenvalue weighted by Crippen LogP contribution is 2.57. The molecule has 0 saturated carbocycles. The molecule has 4 atom stereocenters. The van der Waals surface area contributed by atoms with Crippen LogP contribution in [0.3, 0.4) is 0 Å². The molecule has 0 amide bonds. The van der Waals surface area contributed by atoms with Crippen molar-refractivity contribution in [3.63, 3.8) is 0 Å². The predicted octanol–water partition coefficient (Wildman–Crippen LogP) is 5.66. The molecule has 2 fully saturated rings. The van der Waals surface area contributed by atoms with Gasteiger partial charge < -0.3 is 9.47 Å². The van der Waals surface area contributed by atoms with Gasteiger partial charge in [-0.1, -0.05) is 65.7 Å². The molecule has 0 aliphatic carbocycles. The quantitative estimate of drug-likeness (QED) is 0.431. The zero-order valence-corrected chi connectivity index (χ0v) is 16.7. The topological polar surface area (TPSA) is 18.5 Å². The second-order valence-corrected chi connectivity index (χ2v) is 9.22. The van der Waals surface area contributed by atoms with Crippen LogP contribution in [0.4, 0.5) is 0 Å². The van der Waals surface area contributed by atoms with Gasteiger partial charge in [0.2, 0.25) is 0 Å². The molecule has 0 N–H and O–H groups in total. The molecule has 5 heteroatoms. The highest BCUT2D eigenvalue weighted by molar-refractivity contribution is 14.1. The van der Waals surface area contributed by atoms with Crippen LogP contribution in [0.1, 0.15) is 39.2 Å². The summed E-state index contributed by atoms with van der Waals surface area (Å²) in [7, 11) is 0. The molecule has 2 bridgehead atoms. The number of halogens is 3. The summed E-state index contributed by atoms with van der Waals surface area (Å²) in [5.41, 5.74) is 0.593. The van der Waals surface area contributed by atoms with E-state index in [1.165, 1.54) is 0 Å². The Kier molecular flexibility index (Phi) is 4.77. The minimum atomic E-state index is -0.205. The molecule has 0 aromatic heterocycles. The average molecular weight is 455 g/mol. The maximum atomic E-state index is 6.48. The zero-order valence-electron chi connectivity index (χ0n) is 13.0. The lowest BCUT2D eigenvalue weighted by atomic mass is 9.75. The van der Waals surface area contributed by atoms with Crippen LogP contribution in [0.5, 0.6) is 0 Å². The van der Waals surface area contributed by atoms with E-state index in [1.54, 1.807) is 0 Å². The third kappa shape index (κ3) is 2.71. The summed E-state index contributed by atoms with van der Waals surface area (Å²) in [6.45, 7) is 7.09. The van der Waals surface area contributed by atoms with Gasteiger partial charge in [0.25, 0.3) is 0 Å². The van der Waals surface area contributed by atoms with Gasteiger partial charge in [-0.2, -0.15) is 0 Å². The van der Waals surface area contributed by atoms with Crippen molar-refractivity contribution >= 4 is 45.8 Å². The minimum Gasteiger partial charge on any atom is -0.370 e. The molecule has 2 heterocycles. The fourth-order valence-corrected chi connectivity index (χ4v) is 6.23. The second-order valence-electron chi connectivity index (χ2n) is 6.90. The highest BCUT2D eigenvalue weighted by Gasteiger charge is 2.65. The van der Waals surface area contributed by atoms with Crippen LogP contribution < -0.4 is 0 Å². The van der Waals surface area contributed by atoms with Gasteiger partial charge in [0.15, 0.2) is 0 Å². The third-order valence-corrected chi connectivity index (χ3v) is 7.39. The Labute approximate surface area is 156 Å². The lowest BCUT2D eigenvalue weighted by Crippen LogP contribution is -2.44. The molecule has 1 aromatic carbocycles. The lowest BCUT2D eigenvalue weighted by molar-refractivity contribution is -0.0953. The van der Waals surface area contributed by atoms with Gasteiger partial charge in [-0.05, 0) is 31.4 Å². The average Bonchev–Trinajstić information content (AvgIpc) is 2.86. The Morgan fingerprint density at radius 1 is 1.32 bits per heavy atom. The summed E-state index contributed by atoms with van der Waals surface area (Å²) in [4.78, 5) is 0. The summed E-state index contributed by atoms with van der Waals surface area (Å²) in [6, 6.07) is 5.55. The van der Waals surface area contributed by atoms with Crippen molar-refractivity contribution in [2.45, 2.75) is 61.5 Å². The summed E-state index contributed by atoms with van der Waals surface area (Å²) in [5, 5.41) is 1.32. The number of alkyl halides is 1. The molecule has 122 valence electrons. The Morgan fingerprint density at radius 2 is 1.95 bits per heavy atom. The molecule has 22 heavy (non-hydrogen) atoms. The molecule has 2 aliphatic heterocycles. The number of rotatable bonds is 4. The van der Waals surface area contributed by atoms with Crippen LogP contribution in [-0.2, 0) is 16.1 Å². The van der Waals surface area contributed by atoms with Crippen molar-refractivity contribution < 1.29 is 9.47 Å². The smallest absolute Gasteiger partial charge is 0.0935 e. The Balaban J connectivity index is 1.75. The van der Waals surface area contributed by atoms with Crippen LogP contribution in [-0.4, -0.2) is 21.2 Å². The maximum Gasteiger partial charge on any atom is 0.0935 e. The normalized spacial score (nSPS) is 37.2. The van der Waals surface area contributed by atoms with E-state index in [0.717, 1.165) is 18.4 Å². The van der Waals surface area contributed by atoms with Crippen LogP contribution in [0.2, 0.25) is 10.0 Å². The molecule has 0 unspecified atom stereocenters. The molecular weight excluding hydrogens is 434 g/mol. The van der Waals surface area contributed by atoms with E-state index in [9.17, 15) is 0 Å². The first-order valence-electron chi connectivity index (χ1n) is 7.67. The molecule has 0 spiro atoms. The van der Waals surface area contributed by atoms with Crippen molar-refractivity contribution in [2.75, 3.05) is 0 Å². The number of ether oxygens (including phenoxy) is 2. The van der Waals surface area contributed by atoms with Gasteiger partial charge in [-0.25, -0.2) is 0 Å². The summed E-state index contributed by atoms with van der Waals surface area (Å²) >= 11 is 15.0. The third-order valence-electron chi connectivity index (χ3n) is 5.19. The van der Waals surface area contributed by atoms with E-state index in [-0.39, 0.29) is 17.3 Å².